The topological polar surface area (TPSA) is 67.8 Å². The summed E-state index contributed by atoms with van der Waals surface area (Å²) in [7, 11) is 1.67. The average molecular weight is 374 g/mol. The Morgan fingerprint density at radius 3 is 2.63 bits per heavy atom. The number of hydrogen-bond donors (Lipinski definition) is 0. The third-order valence-corrected chi connectivity index (χ3v) is 5.99. The zero-order valence-electron chi connectivity index (χ0n) is 16.2. The van der Waals surface area contributed by atoms with Crippen LogP contribution in [0, 0.1) is 5.92 Å². The van der Waals surface area contributed by atoms with Crippen molar-refractivity contribution in [3.63, 3.8) is 0 Å². The van der Waals surface area contributed by atoms with Gasteiger partial charge >= 0.3 is 0 Å². The summed E-state index contributed by atoms with van der Waals surface area (Å²) >= 11 is 0. The minimum atomic E-state index is 0.169. The molecule has 4 rings (SSSR count). The fourth-order valence-corrected chi connectivity index (χ4v) is 4.39. The molecule has 148 valence electrons. The fourth-order valence-electron chi connectivity index (χ4n) is 4.39. The average Bonchev–Trinajstić information content (AvgIpc) is 3.41. The zero-order valence-corrected chi connectivity index (χ0v) is 16.2. The van der Waals surface area contributed by atoms with Crippen molar-refractivity contribution in [1.82, 2.24) is 14.9 Å². The normalized spacial score (nSPS) is 24.0. The molecule has 1 aromatic rings. The van der Waals surface area contributed by atoms with Crippen LogP contribution in [0.15, 0.2) is 6.07 Å². The molecule has 7 heteroatoms. The Hall–Kier alpha value is -1.73. The molecule has 0 spiro atoms. The molecule has 3 fully saturated rings. The van der Waals surface area contributed by atoms with Crippen LogP contribution >= 0.6 is 0 Å². The highest BCUT2D eigenvalue weighted by Gasteiger charge is 2.31. The second kappa shape index (κ2) is 8.52. The Morgan fingerprint density at radius 2 is 1.96 bits per heavy atom. The molecule has 1 atom stereocenters. The van der Waals surface area contributed by atoms with Crippen LogP contribution in [0.4, 0.5) is 5.82 Å². The van der Waals surface area contributed by atoms with Gasteiger partial charge in [-0.1, -0.05) is 0 Å². The van der Waals surface area contributed by atoms with Gasteiger partial charge in [-0.15, -0.1) is 0 Å². The summed E-state index contributed by atoms with van der Waals surface area (Å²) in [5, 5.41) is 0. The maximum absolute atomic E-state index is 12.7. The van der Waals surface area contributed by atoms with Crippen molar-refractivity contribution in [2.45, 2.75) is 44.6 Å². The van der Waals surface area contributed by atoms with Gasteiger partial charge in [0.15, 0.2) is 5.82 Å². The summed E-state index contributed by atoms with van der Waals surface area (Å²) in [5.74, 6) is 2.57. The molecule has 1 amide bonds. The molecule has 3 saturated heterocycles. The van der Waals surface area contributed by atoms with E-state index in [1.807, 2.05) is 0 Å². The molecule has 3 aliphatic rings. The highest BCUT2D eigenvalue weighted by Crippen LogP contribution is 2.29. The molecule has 1 aromatic heterocycles. The molecular weight excluding hydrogens is 344 g/mol. The molecule has 0 aliphatic carbocycles. The van der Waals surface area contributed by atoms with Crippen molar-refractivity contribution in [3.8, 4) is 0 Å². The first-order valence-electron chi connectivity index (χ1n) is 10.2. The summed E-state index contributed by atoms with van der Waals surface area (Å²) in [6, 6.07) is 2.11. The van der Waals surface area contributed by atoms with E-state index in [1.165, 1.54) is 0 Å². The van der Waals surface area contributed by atoms with Gasteiger partial charge in [0.2, 0.25) is 5.91 Å². The lowest BCUT2D eigenvalue weighted by atomic mass is 9.95. The molecule has 0 radical (unpaired) electrons. The van der Waals surface area contributed by atoms with E-state index in [1.54, 1.807) is 7.11 Å². The molecule has 4 heterocycles. The minimum absolute atomic E-state index is 0.169. The monoisotopic (exact) mass is 374 g/mol. The summed E-state index contributed by atoms with van der Waals surface area (Å²) < 4.78 is 10.8. The third-order valence-electron chi connectivity index (χ3n) is 5.99. The van der Waals surface area contributed by atoms with Gasteiger partial charge in [-0.05, 0) is 32.1 Å². The van der Waals surface area contributed by atoms with Crippen molar-refractivity contribution in [3.05, 3.63) is 17.6 Å². The number of anilines is 1. The molecule has 0 aromatic carbocycles. The van der Waals surface area contributed by atoms with Gasteiger partial charge in [-0.25, -0.2) is 9.97 Å². The van der Waals surface area contributed by atoms with Gasteiger partial charge in [-0.2, -0.15) is 0 Å². The summed E-state index contributed by atoms with van der Waals surface area (Å²) in [6.07, 6.45) is 5.12. The lowest BCUT2D eigenvalue weighted by Gasteiger charge is -2.34. The van der Waals surface area contributed by atoms with Gasteiger partial charge in [0.1, 0.15) is 12.4 Å². The number of aromatic nitrogens is 2. The molecule has 0 unspecified atom stereocenters. The Morgan fingerprint density at radius 1 is 1.19 bits per heavy atom. The van der Waals surface area contributed by atoms with E-state index < -0.39 is 0 Å². The van der Waals surface area contributed by atoms with Crippen molar-refractivity contribution in [2.24, 2.45) is 5.92 Å². The number of rotatable bonds is 5. The second-order valence-corrected chi connectivity index (χ2v) is 7.85. The molecule has 0 saturated carbocycles. The first-order chi connectivity index (χ1) is 13.2. The number of piperidine rings is 1. The van der Waals surface area contributed by atoms with Crippen LogP contribution in [-0.2, 0) is 20.9 Å². The highest BCUT2D eigenvalue weighted by molar-refractivity contribution is 5.79. The number of nitrogens with zero attached hydrogens (tertiary/aromatic N) is 4. The molecule has 27 heavy (non-hydrogen) atoms. The standard InChI is InChI=1S/C20H30N4O3/c1-26-14-18-21-17(16-6-11-27-13-16)12-19(22-18)23-9-4-15(5-10-23)20(25)24-7-2-3-8-24/h12,15-16H,2-11,13-14H2,1H3/t16-/m0/s1. The van der Waals surface area contributed by atoms with Crippen molar-refractivity contribution in [1.29, 1.82) is 0 Å². The summed E-state index contributed by atoms with van der Waals surface area (Å²) in [5.41, 5.74) is 1.06. The molecule has 3 aliphatic heterocycles. The Labute approximate surface area is 161 Å². The van der Waals surface area contributed by atoms with E-state index >= 15 is 0 Å². The number of methoxy groups -OCH3 is 1. The number of likely N-dealkylation sites (tertiary alicyclic amines) is 1. The lowest BCUT2D eigenvalue weighted by molar-refractivity contribution is -0.135. The predicted molar refractivity (Wildman–Crippen MR) is 102 cm³/mol. The Kier molecular flexibility index (Phi) is 5.88. The SMILES string of the molecule is COCc1nc([C@H]2CCOC2)cc(N2CCC(C(=O)N3CCCC3)CC2)n1. The van der Waals surface area contributed by atoms with Gasteiger partial charge in [0, 0.05) is 57.8 Å². The summed E-state index contributed by atoms with van der Waals surface area (Å²) in [6.45, 7) is 5.57. The number of carbonyl (C=O) groups excluding carboxylic acids is 1. The van der Waals surface area contributed by atoms with Crippen molar-refractivity contribution >= 4 is 11.7 Å². The maximum atomic E-state index is 12.7. The minimum Gasteiger partial charge on any atom is -0.381 e. The highest BCUT2D eigenvalue weighted by atomic mass is 16.5. The van der Waals surface area contributed by atoms with E-state index in [0.717, 1.165) is 88.8 Å². The molecule has 0 N–H and O–H groups in total. The largest absolute Gasteiger partial charge is 0.381 e. The fraction of sp³-hybridized carbons (Fsp3) is 0.750. The van der Waals surface area contributed by atoms with E-state index in [9.17, 15) is 4.79 Å². The van der Waals surface area contributed by atoms with Crippen LogP contribution in [0.1, 0.15) is 49.5 Å². The lowest BCUT2D eigenvalue weighted by Crippen LogP contribution is -2.42. The Bertz CT molecular complexity index is 649. The second-order valence-electron chi connectivity index (χ2n) is 7.85. The van der Waals surface area contributed by atoms with Gasteiger partial charge in [0.05, 0.1) is 12.3 Å². The van der Waals surface area contributed by atoms with Crippen LogP contribution in [0.3, 0.4) is 0 Å². The first kappa shape index (κ1) is 18.6. The van der Waals surface area contributed by atoms with Gasteiger partial charge in [0.25, 0.3) is 0 Å². The van der Waals surface area contributed by atoms with E-state index in [2.05, 4.69) is 15.9 Å². The van der Waals surface area contributed by atoms with Crippen LogP contribution in [0.5, 0.6) is 0 Å². The van der Waals surface area contributed by atoms with E-state index in [-0.39, 0.29) is 5.92 Å². The third kappa shape index (κ3) is 4.24. The molecule has 7 nitrogen and oxygen atoms in total. The van der Waals surface area contributed by atoms with Crippen LogP contribution < -0.4 is 4.90 Å². The first-order valence-corrected chi connectivity index (χ1v) is 10.2. The van der Waals surface area contributed by atoms with Crippen molar-refractivity contribution in [2.75, 3.05) is 51.4 Å². The van der Waals surface area contributed by atoms with Crippen molar-refractivity contribution < 1.29 is 14.3 Å². The molecule has 0 bridgehead atoms. The molecular formula is C20H30N4O3. The van der Waals surface area contributed by atoms with E-state index in [4.69, 9.17) is 19.4 Å². The van der Waals surface area contributed by atoms with Gasteiger partial charge in [-0.3, -0.25) is 4.79 Å². The van der Waals surface area contributed by atoms with Crippen LogP contribution in [0.2, 0.25) is 0 Å². The van der Waals surface area contributed by atoms with Gasteiger partial charge < -0.3 is 19.3 Å². The quantitative estimate of drug-likeness (QED) is 0.785. The maximum Gasteiger partial charge on any atom is 0.225 e. The zero-order chi connectivity index (χ0) is 18.6. The number of carbonyl (C=O) groups is 1. The predicted octanol–water partition coefficient (Wildman–Crippen LogP) is 1.97. The smallest absolute Gasteiger partial charge is 0.225 e. The van der Waals surface area contributed by atoms with E-state index in [0.29, 0.717) is 18.4 Å². The Balaban J connectivity index is 1.44. The van der Waals surface area contributed by atoms with Crippen LogP contribution in [-0.4, -0.2) is 67.3 Å². The number of hydrogen-bond acceptors (Lipinski definition) is 6. The number of amides is 1. The summed E-state index contributed by atoms with van der Waals surface area (Å²) in [4.78, 5) is 26.4. The number of ether oxygens (including phenoxy) is 2. The van der Waals surface area contributed by atoms with Crippen LogP contribution in [0.25, 0.3) is 0 Å².